The minimum atomic E-state index is 0.638. The summed E-state index contributed by atoms with van der Waals surface area (Å²) in [5.41, 5.74) is 7.48. The lowest BCUT2D eigenvalue weighted by Gasteiger charge is -2.16. The molecule has 0 aliphatic carbocycles. The van der Waals surface area contributed by atoms with Gasteiger partial charge in [-0.05, 0) is 94.3 Å². The molecule has 260 valence electrons. The fraction of sp³-hybridized carbons (Fsp3) is 0. The van der Waals surface area contributed by atoms with Crippen LogP contribution in [0.15, 0.2) is 200 Å². The molecule has 0 saturated heterocycles. The Balaban J connectivity index is 1.07. The van der Waals surface area contributed by atoms with E-state index in [0.29, 0.717) is 17.5 Å². The van der Waals surface area contributed by atoms with Gasteiger partial charge in [-0.2, -0.15) is 0 Å². The lowest BCUT2D eigenvalue weighted by atomic mass is 9.87. The molecule has 0 fully saturated rings. The average molecular weight is 712 g/mol. The molecule has 0 aliphatic rings. The summed E-state index contributed by atoms with van der Waals surface area (Å²) in [6.07, 6.45) is 0. The van der Waals surface area contributed by atoms with Gasteiger partial charge in [-0.15, -0.1) is 0 Å². The van der Waals surface area contributed by atoms with Gasteiger partial charge in [-0.3, -0.25) is 0 Å². The fourth-order valence-electron chi connectivity index (χ4n) is 8.47. The molecule has 0 bridgehead atoms. The van der Waals surface area contributed by atoms with Gasteiger partial charge in [0.05, 0.1) is 0 Å². The highest BCUT2D eigenvalue weighted by Crippen LogP contribution is 2.43. The summed E-state index contributed by atoms with van der Waals surface area (Å²) in [7, 11) is 0. The predicted molar refractivity (Wildman–Crippen MR) is 235 cm³/mol. The van der Waals surface area contributed by atoms with Gasteiger partial charge in [0, 0.05) is 16.7 Å². The third-order valence-corrected chi connectivity index (χ3v) is 11.1. The standard InChI is InChI=1S/C53H33N3/c1-2-16-35(17-3-1)51-54-52(56-53(55-51)47-30-14-18-34-15-4-5-23-40(34)47)39-22-13-20-37(32-39)36-19-12-21-38(31-36)48-33-49-43-26-7-6-24-41(43)42-25-8-10-28-45(42)50(49)46-29-11-9-27-44(46)48/h1-33H. The second kappa shape index (κ2) is 13.1. The lowest BCUT2D eigenvalue weighted by Crippen LogP contribution is -2.00. The third kappa shape index (κ3) is 5.32. The number of rotatable bonds is 5. The summed E-state index contributed by atoms with van der Waals surface area (Å²) in [4.78, 5) is 15.2. The number of benzene rings is 10. The van der Waals surface area contributed by atoms with E-state index in [-0.39, 0.29) is 0 Å². The Morgan fingerprint density at radius 2 is 0.679 bits per heavy atom. The first-order valence-electron chi connectivity index (χ1n) is 19.0. The molecular weight excluding hydrogens is 679 g/mol. The number of aromatic nitrogens is 3. The van der Waals surface area contributed by atoms with E-state index in [4.69, 9.17) is 15.0 Å². The van der Waals surface area contributed by atoms with Crippen molar-refractivity contribution in [3.8, 4) is 56.4 Å². The van der Waals surface area contributed by atoms with Crippen LogP contribution in [-0.2, 0) is 0 Å². The van der Waals surface area contributed by atoms with Gasteiger partial charge >= 0.3 is 0 Å². The minimum absolute atomic E-state index is 0.638. The predicted octanol–water partition coefficient (Wildman–Crippen LogP) is 14.0. The maximum atomic E-state index is 5.14. The van der Waals surface area contributed by atoms with Crippen molar-refractivity contribution < 1.29 is 0 Å². The Bertz CT molecular complexity index is 3310. The van der Waals surface area contributed by atoms with Crippen LogP contribution in [0.1, 0.15) is 0 Å². The molecular formula is C53H33N3. The fourth-order valence-corrected chi connectivity index (χ4v) is 8.47. The quantitative estimate of drug-likeness (QED) is 0.167. The van der Waals surface area contributed by atoms with Crippen molar-refractivity contribution in [3.63, 3.8) is 0 Å². The van der Waals surface area contributed by atoms with Crippen molar-refractivity contribution in [2.45, 2.75) is 0 Å². The van der Waals surface area contributed by atoms with Gasteiger partial charge in [-0.1, -0.05) is 182 Å². The van der Waals surface area contributed by atoms with E-state index in [2.05, 4.69) is 182 Å². The van der Waals surface area contributed by atoms with E-state index >= 15 is 0 Å². The zero-order chi connectivity index (χ0) is 37.0. The molecule has 0 aliphatic heterocycles. The molecule has 11 aromatic rings. The number of hydrogen-bond donors (Lipinski definition) is 0. The first-order chi connectivity index (χ1) is 27.8. The van der Waals surface area contributed by atoms with Crippen molar-refractivity contribution in [1.29, 1.82) is 0 Å². The highest BCUT2D eigenvalue weighted by atomic mass is 15.0. The second-order valence-corrected chi connectivity index (χ2v) is 14.3. The van der Waals surface area contributed by atoms with E-state index < -0.39 is 0 Å². The van der Waals surface area contributed by atoms with Crippen LogP contribution in [0, 0.1) is 0 Å². The van der Waals surface area contributed by atoms with E-state index in [1.807, 2.05) is 18.2 Å². The summed E-state index contributed by atoms with van der Waals surface area (Å²) >= 11 is 0. The Morgan fingerprint density at radius 1 is 0.232 bits per heavy atom. The molecule has 56 heavy (non-hydrogen) atoms. The topological polar surface area (TPSA) is 38.7 Å². The van der Waals surface area contributed by atoms with Gasteiger partial charge in [0.1, 0.15) is 0 Å². The molecule has 0 spiro atoms. The van der Waals surface area contributed by atoms with Crippen LogP contribution in [0.3, 0.4) is 0 Å². The highest BCUT2D eigenvalue weighted by Gasteiger charge is 2.17. The largest absolute Gasteiger partial charge is 0.208 e. The van der Waals surface area contributed by atoms with Gasteiger partial charge < -0.3 is 0 Å². The lowest BCUT2D eigenvalue weighted by molar-refractivity contribution is 1.08. The molecule has 0 amide bonds. The molecule has 0 saturated carbocycles. The van der Waals surface area contributed by atoms with Crippen molar-refractivity contribution in [2.24, 2.45) is 0 Å². The first-order valence-corrected chi connectivity index (χ1v) is 19.0. The first kappa shape index (κ1) is 32.0. The van der Waals surface area contributed by atoms with Crippen molar-refractivity contribution in [1.82, 2.24) is 15.0 Å². The number of nitrogens with zero attached hydrogens (tertiary/aromatic N) is 3. The van der Waals surface area contributed by atoms with Crippen LogP contribution in [0.2, 0.25) is 0 Å². The summed E-state index contributed by atoms with van der Waals surface area (Å²) in [6, 6.07) is 71.2. The Hall–Kier alpha value is -7.49. The molecule has 0 N–H and O–H groups in total. The van der Waals surface area contributed by atoms with Crippen LogP contribution in [0.4, 0.5) is 0 Å². The minimum Gasteiger partial charge on any atom is -0.208 e. The van der Waals surface area contributed by atoms with Crippen molar-refractivity contribution in [2.75, 3.05) is 0 Å². The van der Waals surface area contributed by atoms with Crippen molar-refractivity contribution >= 4 is 53.9 Å². The number of hydrogen-bond acceptors (Lipinski definition) is 3. The van der Waals surface area contributed by atoms with Crippen LogP contribution in [0.5, 0.6) is 0 Å². The van der Waals surface area contributed by atoms with Crippen LogP contribution >= 0.6 is 0 Å². The molecule has 1 heterocycles. The zero-order valence-electron chi connectivity index (χ0n) is 30.4. The third-order valence-electron chi connectivity index (χ3n) is 11.1. The maximum Gasteiger partial charge on any atom is 0.164 e. The highest BCUT2D eigenvalue weighted by molar-refractivity contribution is 6.33. The molecule has 11 rings (SSSR count). The van der Waals surface area contributed by atoms with Crippen LogP contribution in [-0.4, -0.2) is 15.0 Å². The van der Waals surface area contributed by atoms with Gasteiger partial charge in [0.2, 0.25) is 0 Å². The smallest absolute Gasteiger partial charge is 0.164 e. The van der Waals surface area contributed by atoms with E-state index in [0.717, 1.165) is 38.6 Å². The Morgan fingerprint density at radius 3 is 1.41 bits per heavy atom. The van der Waals surface area contributed by atoms with E-state index in [1.165, 1.54) is 54.2 Å². The molecule has 0 radical (unpaired) electrons. The summed E-state index contributed by atoms with van der Waals surface area (Å²) in [5, 5.41) is 12.5. The summed E-state index contributed by atoms with van der Waals surface area (Å²) in [6.45, 7) is 0. The molecule has 1 aromatic heterocycles. The molecule has 0 atom stereocenters. The Labute approximate surface area is 324 Å². The molecule has 3 nitrogen and oxygen atoms in total. The molecule has 10 aromatic carbocycles. The van der Waals surface area contributed by atoms with Gasteiger partial charge in [0.25, 0.3) is 0 Å². The second-order valence-electron chi connectivity index (χ2n) is 14.3. The summed E-state index contributed by atoms with van der Waals surface area (Å²) < 4.78 is 0. The van der Waals surface area contributed by atoms with Gasteiger partial charge in [0.15, 0.2) is 17.5 Å². The maximum absolute atomic E-state index is 5.14. The normalized spacial score (nSPS) is 11.6. The van der Waals surface area contributed by atoms with Gasteiger partial charge in [-0.25, -0.2) is 15.0 Å². The van der Waals surface area contributed by atoms with Crippen LogP contribution in [0.25, 0.3) is 110 Å². The average Bonchev–Trinajstić information content (AvgIpc) is 3.28. The summed E-state index contributed by atoms with van der Waals surface area (Å²) in [5.74, 6) is 1.94. The van der Waals surface area contributed by atoms with Crippen LogP contribution < -0.4 is 0 Å². The van der Waals surface area contributed by atoms with Crippen molar-refractivity contribution in [3.05, 3.63) is 200 Å². The van der Waals surface area contributed by atoms with E-state index in [1.54, 1.807) is 0 Å². The molecule has 0 unspecified atom stereocenters. The Kier molecular flexibility index (Phi) is 7.49. The SMILES string of the molecule is c1ccc(-c2nc(-c3cccc(-c4cccc(-c5cc6c7ccccc7c7ccccc7c6c6ccccc56)c4)c3)nc(-c3cccc4ccccc34)n2)cc1. The van der Waals surface area contributed by atoms with E-state index in [9.17, 15) is 0 Å². The number of fused-ring (bicyclic) bond motifs is 9. The zero-order valence-corrected chi connectivity index (χ0v) is 30.4. The molecule has 3 heteroatoms. The monoisotopic (exact) mass is 711 g/mol.